The summed E-state index contributed by atoms with van der Waals surface area (Å²) in [6, 6.07) is 8.13. The summed E-state index contributed by atoms with van der Waals surface area (Å²) in [5, 5.41) is 0.250. The van der Waals surface area contributed by atoms with Crippen molar-refractivity contribution in [2.45, 2.75) is 37.9 Å². The van der Waals surface area contributed by atoms with Gasteiger partial charge in [0.2, 0.25) is 0 Å². The number of rotatable bonds is 5. The van der Waals surface area contributed by atoms with Crippen LogP contribution < -0.4 is 4.74 Å². The first-order valence-electron chi connectivity index (χ1n) is 6.41. The van der Waals surface area contributed by atoms with E-state index in [0.717, 1.165) is 43.8 Å². The van der Waals surface area contributed by atoms with Crippen LogP contribution in [-0.4, -0.2) is 16.6 Å². The molecule has 0 saturated carbocycles. The van der Waals surface area contributed by atoms with Gasteiger partial charge in [-0.15, -0.1) is 0 Å². The molecular weight excluding hydrogens is 232 g/mol. The van der Waals surface area contributed by atoms with Crippen LogP contribution in [0.15, 0.2) is 24.3 Å². The average Bonchev–Trinajstić information content (AvgIpc) is 2.77. The Morgan fingerprint density at radius 3 is 2.71 bits per heavy atom. The van der Waals surface area contributed by atoms with Crippen molar-refractivity contribution in [2.75, 3.05) is 12.4 Å². The van der Waals surface area contributed by atoms with Crippen LogP contribution >= 0.6 is 0 Å². The fraction of sp³-hybridized carbons (Fsp3) is 0.571. The first kappa shape index (κ1) is 12.6. The summed E-state index contributed by atoms with van der Waals surface area (Å²) >= 11 is 0. The number of ether oxygens (including phenoxy) is 1. The van der Waals surface area contributed by atoms with Crippen LogP contribution in [0.2, 0.25) is 0 Å². The van der Waals surface area contributed by atoms with Crippen molar-refractivity contribution in [3.63, 3.8) is 0 Å². The van der Waals surface area contributed by atoms with Crippen molar-refractivity contribution < 1.29 is 8.95 Å². The quantitative estimate of drug-likeness (QED) is 0.750. The first-order chi connectivity index (χ1) is 8.31. The lowest BCUT2D eigenvalue weighted by Crippen LogP contribution is -2.01. The van der Waals surface area contributed by atoms with Crippen LogP contribution in [0.4, 0.5) is 0 Å². The molecule has 1 aromatic rings. The maximum absolute atomic E-state index is 11.8. The molecule has 1 saturated heterocycles. The summed E-state index contributed by atoms with van der Waals surface area (Å²) in [4.78, 5) is 0. The number of unbranched alkanes of at least 4 members (excludes halogenated alkanes) is 1. The first-order valence-corrected chi connectivity index (χ1v) is 7.79. The maximum Gasteiger partial charge on any atom is 0.119 e. The van der Waals surface area contributed by atoms with E-state index in [4.69, 9.17) is 4.74 Å². The summed E-state index contributed by atoms with van der Waals surface area (Å²) in [6.45, 7) is 2.94. The Morgan fingerprint density at radius 1 is 1.35 bits per heavy atom. The summed E-state index contributed by atoms with van der Waals surface area (Å²) in [5.74, 6) is 1.78. The van der Waals surface area contributed by atoms with Gasteiger partial charge in [-0.25, -0.2) is 0 Å². The smallest absolute Gasteiger partial charge is 0.119 e. The lowest BCUT2D eigenvalue weighted by atomic mass is 10.1. The third-order valence-electron chi connectivity index (χ3n) is 3.15. The molecule has 2 nitrogen and oxygen atoms in total. The molecule has 2 atom stereocenters. The van der Waals surface area contributed by atoms with E-state index in [9.17, 15) is 4.21 Å². The van der Waals surface area contributed by atoms with Crippen molar-refractivity contribution in [1.82, 2.24) is 0 Å². The number of benzene rings is 1. The molecule has 0 aromatic heterocycles. The van der Waals surface area contributed by atoms with Crippen LogP contribution in [0.3, 0.4) is 0 Å². The molecular formula is C14H20O2S. The Kier molecular flexibility index (Phi) is 4.60. The number of hydrogen-bond acceptors (Lipinski definition) is 2. The molecule has 1 fully saturated rings. The van der Waals surface area contributed by atoms with Crippen molar-refractivity contribution >= 4 is 10.8 Å². The summed E-state index contributed by atoms with van der Waals surface area (Å²) in [7, 11) is -0.666. The fourth-order valence-corrected chi connectivity index (χ4v) is 3.74. The molecule has 0 aliphatic carbocycles. The van der Waals surface area contributed by atoms with E-state index in [1.807, 2.05) is 12.1 Å². The Labute approximate surface area is 106 Å². The normalized spacial score (nSPS) is 23.8. The lowest BCUT2D eigenvalue weighted by Gasteiger charge is -2.10. The Balaban J connectivity index is 1.95. The minimum absolute atomic E-state index is 0.250. The van der Waals surface area contributed by atoms with E-state index in [1.54, 1.807) is 0 Å². The van der Waals surface area contributed by atoms with E-state index in [1.165, 1.54) is 5.56 Å². The van der Waals surface area contributed by atoms with Crippen molar-refractivity contribution in [1.29, 1.82) is 0 Å². The molecule has 2 unspecified atom stereocenters. The zero-order valence-corrected chi connectivity index (χ0v) is 11.2. The minimum Gasteiger partial charge on any atom is -0.494 e. The van der Waals surface area contributed by atoms with Crippen LogP contribution in [0.25, 0.3) is 0 Å². The summed E-state index contributed by atoms with van der Waals surface area (Å²) in [6.07, 6.45) is 4.39. The van der Waals surface area contributed by atoms with Gasteiger partial charge < -0.3 is 4.74 Å². The van der Waals surface area contributed by atoms with Gasteiger partial charge >= 0.3 is 0 Å². The highest BCUT2D eigenvalue weighted by Gasteiger charge is 2.24. The molecule has 3 heteroatoms. The van der Waals surface area contributed by atoms with E-state index >= 15 is 0 Å². The Bertz CT molecular complexity index is 372. The van der Waals surface area contributed by atoms with Crippen molar-refractivity contribution in [3.05, 3.63) is 29.8 Å². The van der Waals surface area contributed by atoms with Crippen molar-refractivity contribution in [3.8, 4) is 5.75 Å². The van der Waals surface area contributed by atoms with E-state index in [-0.39, 0.29) is 5.25 Å². The largest absolute Gasteiger partial charge is 0.494 e. The third kappa shape index (κ3) is 3.32. The second-order valence-corrected chi connectivity index (χ2v) is 6.23. The Hall–Kier alpha value is -0.830. The monoisotopic (exact) mass is 252 g/mol. The molecule has 0 N–H and O–H groups in total. The predicted molar refractivity (Wildman–Crippen MR) is 71.8 cm³/mol. The van der Waals surface area contributed by atoms with Gasteiger partial charge in [0, 0.05) is 16.6 Å². The molecule has 2 rings (SSSR count). The highest BCUT2D eigenvalue weighted by Crippen LogP contribution is 2.32. The predicted octanol–water partition coefficient (Wildman–Crippen LogP) is 3.45. The highest BCUT2D eigenvalue weighted by molar-refractivity contribution is 7.85. The second-order valence-electron chi connectivity index (χ2n) is 4.49. The molecule has 0 radical (unpaired) electrons. The molecule has 0 bridgehead atoms. The summed E-state index contributed by atoms with van der Waals surface area (Å²) < 4.78 is 17.4. The van der Waals surface area contributed by atoms with Gasteiger partial charge in [0.1, 0.15) is 5.75 Å². The standard InChI is InChI=1S/C14H20O2S/c1-2-3-10-16-13-8-6-12(7-9-13)14-5-4-11-17(14)15/h6-9,14H,2-5,10-11H2,1H3. The SMILES string of the molecule is CCCCOc1ccc(C2CCCS2=O)cc1. The molecule has 0 amide bonds. The van der Waals surface area contributed by atoms with Crippen LogP contribution in [-0.2, 0) is 10.8 Å². The van der Waals surface area contributed by atoms with Gasteiger partial charge in [0.15, 0.2) is 0 Å². The number of hydrogen-bond donors (Lipinski definition) is 0. The van der Waals surface area contributed by atoms with Crippen LogP contribution in [0, 0.1) is 0 Å². The minimum atomic E-state index is -0.666. The fourth-order valence-electron chi connectivity index (χ4n) is 2.12. The lowest BCUT2D eigenvalue weighted by molar-refractivity contribution is 0.309. The summed E-state index contributed by atoms with van der Waals surface area (Å²) in [5.41, 5.74) is 1.20. The molecule has 1 aliphatic heterocycles. The van der Waals surface area contributed by atoms with E-state index in [2.05, 4.69) is 19.1 Å². The van der Waals surface area contributed by atoms with E-state index < -0.39 is 10.8 Å². The van der Waals surface area contributed by atoms with Crippen LogP contribution in [0.5, 0.6) is 5.75 Å². The maximum atomic E-state index is 11.8. The van der Waals surface area contributed by atoms with Gasteiger partial charge in [0.05, 0.1) is 11.9 Å². The average molecular weight is 252 g/mol. The zero-order chi connectivity index (χ0) is 12.1. The van der Waals surface area contributed by atoms with Gasteiger partial charge in [-0.3, -0.25) is 4.21 Å². The zero-order valence-electron chi connectivity index (χ0n) is 10.4. The highest BCUT2D eigenvalue weighted by atomic mass is 32.2. The van der Waals surface area contributed by atoms with E-state index in [0.29, 0.717) is 0 Å². The van der Waals surface area contributed by atoms with Gasteiger partial charge in [-0.05, 0) is 37.0 Å². The molecule has 1 aliphatic rings. The van der Waals surface area contributed by atoms with Gasteiger partial charge in [-0.2, -0.15) is 0 Å². The third-order valence-corrected chi connectivity index (χ3v) is 4.98. The molecule has 94 valence electrons. The van der Waals surface area contributed by atoms with Gasteiger partial charge in [-0.1, -0.05) is 25.5 Å². The van der Waals surface area contributed by atoms with Crippen molar-refractivity contribution in [2.24, 2.45) is 0 Å². The molecule has 1 aromatic carbocycles. The second kappa shape index (κ2) is 6.20. The topological polar surface area (TPSA) is 26.3 Å². The Morgan fingerprint density at radius 2 is 2.12 bits per heavy atom. The molecule has 0 spiro atoms. The van der Waals surface area contributed by atoms with Crippen LogP contribution in [0.1, 0.15) is 43.4 Å². The van der Waals surface area contributed by atoms with Gasteiger partial charge in [0.25, 0.3) is 0 Å². The molecule has 1 heterocycles. The molecule has 17 heavy (non-hydrogen) atoms.